The van der Waals surface area contributed by atoms with Crippen molar-refractivity contribution < 1.29 is 28.3 Å². The van der Waals surface area contributed by atoms with Gasteiger partial charge in [0, 0.05) is 5.39 Å². The van der Waals surface area contributed by atoms with Crippen LogP contribution < -0.4 is 10.6 Å². The van der Waals surface area contributed by atoms with Gasteiger partial charge in [-0.05, 0) is 51.1 Å². The Morgan fingerprint density at radius 1 is 1.12 bits per heavy atom. The van der Waals surface area contributed by atoms with Crippen LogP contribution in [0.1, 0.15) is 40.3 Å². The van der Waals surface area contributed by atoms with E-state index in [-0.39, 0.29) is 24.5 Å². The smallest absolute Gasteiger partial charge is 0.340 e. The molecular weight excluding hydrogens is 426 g/mol. The van der Waals surface area contributed by atoms with Gasteiger partial charge in [-0.2, -0.15) is 0 Å². The van der Waals surface area contributed by atoms with E-state index in [0.717, 1.165) is 16.5 Å². The summed E-state index contributed by atoms with van der Waals surface area (Å²) in [5.41, 5.74) is 2.84. The lowest BCUT2D eigenvalue weighted by Gasteiger charge is -2.27. The number of urea groups is 1. The molecule has 2 amide bonds. The SMILES string of the molecule is CCOC(=O)C1=C(COC(=O)c2cc3cc(C)ccc3nc2C)NC(=O)NC1c1ccco1. The summed E-state index contributed by atoms with van der Waals surface area (Å²) in [5.74, 6) is -0.931. The van der Waals surface area contributed by atoms with Gasteiger partial charge < -0.3 is 24.5 Å². The normalized spacial score (nSPS) is 15.7. The van der Waals surface area contributed by atoms with Crippen molar-refractivity contribution in [2.45, 2.75) is 26.8 Å². The Morgan fingerprint density at radius 3 is 2.67 bits per heavy atom. The van der Waals surface area contributed by atoms with Crippen molar-refractivity contribution in [1.82, 2.24) is 15.6 Å². The van der Waals surface area contributed by atoms with Crippen LogP contribution in [0.3, 0.4) is 0 Å². The summed E-state index contributed by atoms with van der Waals surface area (Å²) in [5, 5.41) is 6.00. The molecule has 1 unspecified atom stereocenters. The maximum absolute atomic E-state index is 12.9. The number of carbonyl (C=O) groups excluding carboxylic acids is 3. The van der Waals surface area contributed by atoms with Gasteiger partial charge in [-0.1, -0.05) is 11.6 Å². The maximum atomic E-state index is 12.9. The predicted octanol–water partition coefficient (Wildman–Crippen LogP) is 3.47. The van der Waals surface area contributed by atoms with Crippen LogP contribution in [-0.4, -0.2) is 36.2 Å². The summed E-state index contributed by atoms with van der Waals surface area (Å²) in [6.45, 7) is 5.14. The van der Waals surface area contributed by atoms with E-state index in [0.29, 0.717) is 17.0 Å². The summed E-state index contributed by atoms with van der Waals surface area (Å²) in [4.78, 5) is 42.3. The highest BCUT2D eigenvalue weighted by Crippen LogP contribution is 2.28. The van der Waals surface area contributed by atoms with Crippen molar-refractivity contribution in [3.63, 3.8) is 0 Å². The number of esters is 2. The van der Waals surface area contributed by atoms with Gasteiger partial charge >= 0.3 is 18.0 Å². The van der Waals surface area contributed by atoms with Crippen molar-refractivity contribution in [1.29, 1.82) is 0 Å². The Labute approximate surface area is 189 Å². The number of rotatable bonds is 6. The van der Waals surface area contributed by atoms with Crippen molar-refractivity contribution in [2.24, 2.45) is 0 Å². The number of pyridine rings is 1. The van der Waals surface area contributed by atoms with E-state index in [2.05, 4.69) is 15.6 Å². The van der Waals surface area contributed by atoms with Crippen LogP contribution in [0.15, 0.2) is 58.3 Å². The Hall–Kier alpha value is -4.14. The van der Waals surface area contributed by atoms with Crippen LogP contribution in [0.2, 0.25) is 0 Å². The lowest BCUT2D eigenvalue weighted by atomic mass is 10.0. The molecule has 0 spiro atoms. The summed E-state index contributed by atoms with van der Waals surface area (Å²) >= 11 is 0. The average Bonchev–Trinajstić information content (AvgIpc) is 3.32. The molecule has 0 bridgehead atoms. The van der Waals surface area contributed by atoms with Crippen LogP contribution in [0, 0.1) is 13.8 Å². The molecule has 0 aliphatic carbocycles. The number of amides is 2. The molecule has 3 aromatic rings. The maximum Gasteiger partial charge on any atom is 0.340 e. The molecule has 2 aromatic heterocycles. The minimum Gasteiger partial charge on any atom is -0.467 e. The molecule has 9 nitrogen and oxygen atoms in total. The third-order valence-corrected chi connectivity index (χ3v) is 5.21. The summed E-state index contributed by atoms with van der Waals surface area (Å²) in [6, 6.07) is 9.33. The topological polar surface area (TPSA) is 120 Å². The third kappa shape index (κ3) is 4.57. The molecule has 170 valence electrons. The summed E-state index contributed by atoms with van der Waals surface area (Å²) in [6.07, 6.45) is 1.43. The third-order valence-electron chi connectivity index (χ3n) is 5.21. The minimum absolute atomic E-state index is 0.100. The molecule has 1 aliphatic rings. The molecule has 0 saturated carbocycles. The van der Waals surface area contributed by atoms with E-state index in [9.17, 15) is 14.4 Å². The van der Waals surface area contributed by atoms with Gasteiger partial charge in [-0.25, -0.2) is 14.4 Å². The molecule has 2 N–H and O–H groups in total. The van der Waals surface area contributed by atoms with Crippen LogP contribution in [-0.2, 0) is 14.3 Å². The molecule has 33 heavy (non-hydrogen) atoms. The molecule has 0 saturated heterocycles. The molecule has 1 aromatic carbocycles. The lowest BCUT2D eigenvalue weighted by molar-refractivity contribution is -0.139. The number of nitrogens with one attached hydrogen (secondary N) is 2. The van der Waals surface area contributed by atoms with Crippen LogP contribution in [0.5, 0.6) is 0 Å². The molecule has 1 atom stereocenters. The van der Waals surface area contributed by atoms with Crippen molar-refractivity contribution >= 4 is 28.9 Å². The fourth-order valence-electron chi connectivity index (χ4n) is 3.66. The van der Waals surface area contributed by atoms with Gasteiger partial charge in [0.25, 0.3) is 0 Å². The standard InChI is InChI=1S/C24H23N3O6/c1-4-31-23(29)20-18(26-24(30)27-21(20)19-6-5-9-32-19)12-33-22(28)16-11-15-10-13(2)7-8-17(15)25-14(16)3/h5-11,21H,4,12H2,1-3H3,(H2,26,27,30). The minimum atomic E-state index is -0.881. The van der Waals surface area contributed by atoms with E-state index in [1.807, 2.05) is 25.1 Å². The highest BCUT2D eigenvalue weighted by atomic mass is 16.5. The molecule has 1 aliphatic heterocycles. The Balaban J connectivity index is 1.64. The lowest BCUT2D eigenvalue weighted by Crippen LogP contribution is -2.47. The van der Waals surface area contributed by atoms with Gasteiger partial charge in [0.15, 0.2) is 0 Å². The number of fused-ring (bicyclic) bond motifs is 1. The van der Waals surface area contributed by atoms with E-state index in [1.165, 1.54) is 6.26 Å². The molecule has 0 radical (unpaired) electrons. The Morgan fingerprint density at radius 2 is 1.94 bits per heavy atom. The Kier molecular flexibility index (Phi) is 6.12. The average molecular weight is 449 g/mol. The van der Waals surface area contributed by atoms with Crippen molar-refractivity contribution in [3.05, 3.63) is 76.5 Å². The quantitative estimate of drug-likeness (QED) is 0.553. The highest BCUT2D eigenvalue weighted by molar-refractivity contribution is 5.97. The molecule has 3 heterocycles. The van der Waals surface area contributed by atoms with Gasteiger partial charge in [-0.3, -0.25) is 4.98 Å². The van der Waals surface area contributed by atoms with Gasteiger partial charge in [0.1, 0.15) is 18.4 Å². The fraction of sp³-hybridized carbons (Fsp3) is 0.250. The number of carbonyl (C=O) groups is 3. The summed E-state index contributed by atoms with van der Waals surface area (Å²) in [7, 11) is 0. The second-order valence-corrected chi connectivity index (χ2v) is 7.55. The second kappa shape index (κ2) is 9.15. The van der Waals surface area contributed by atoms with Crippen LogP contribution in [0.4, 0.5) is 4.79 Å². The molecular formula is C24H23N3O6. The number of hydrogen-bond donors (Lipinski definition) is 2. The van der Waals surface area contributed by atoms with Crippen molar-refractivity contribution in [3.8, 4) is 0 Å². The van der Waals surface area contributed by atoms with E-state index < -0.39 is 24.0 Å². The first-order chi connectivity index (χ1) is 15.9. The van der Waals surface area contributed by atoms with E-state index in [1.54, 1.807) is 32.0 Å². The Bertz CT molecular complexity index is 1260. The number of furan rings is 1. The van der Waals surface area contributed by atoms with Crippen molar-refractivity contribution in [2.75, 3.05) is 13.2 Å². The molecule has 0 fully saturated rings. The number of nitrogens with zero attached hydrogens (tertiary/aromatic N) is 1. The number of aromatic nitrogens is 1. The first-order valence-corrected chi connectivity index (χ1v) is 10.4. The van der Waals surface area contributed by atoms with Crippen LogP contribution in [0.25, 0.3) is 10.9 Å². The second-order valence-electron chi connectivity index (χ2n) is 7.55. The molecule has 9 heteroatoms. The zero-order valence-corrected chi connectivity index (χ0v) is 18.4. The zero-order chi connectivity index (χ0) is 23.5. The number of benzene rings is 1. The first-order valence-electron chi connectivity index (χ1n) is 10.4. The van der Waals surface area contributed by atoms with Gasteiger partial charge in [0.05, 0.1) is 40.9 Å². The molecule has 4 rings (SSSR count). The largest absolute Gasteiger partial charge is 0.467 e. The fourth-order valence-corrected chi connectivity index (χ4v) is 3.66. The zero-order valence-electron chi connectivity index (χ0n) is 18.4. The van der Waals surface area contributed by atoms with Gasteiger partial charge in [0.2, 0.25) is 0 Å². The highest BCUT2D eigenvalue weighted by Gasteiger charge is 2.35. The van der Waals surface area contributed by atoms with Crippen LogP contribution >= 0.6 is 0 Å². The van der Waals surface area contributed by atoms with E-state index in [4.69, 9.17) is 13.9 Å². The van der Waals surface area contributed by atoms with Gasteiger partial charge in [-0.15, -0.1) is 0 Å². The summed E-state index contributed by atoms with van der Waals surface area (Å²) < 4.78 is 16.0. The number of hydrogen-bond acceptors (Lipinski definition) is 7. The predicted molar refractivity (Wildman–Crippen MR) is 118 cm³/mol. The number of ether oxygens (including phenoxy) is 2. The van der Waals surface area contributed by atoms with E-state index >= 15 is 0 Å². The monoisotopic (exact) mass is 449 g/mol. The first kappa shape index (κ1) is 22.1. The number of aryl methyl sites for hydroxylation is 2.